The summed E-state index contributed by atoms with van der Waals surface area (Å²) in [5.41, 5.74) is 0.182. The van der Waals surface area contributed by atoms with Gasteiger partial charge in [0.05, 0.1) is 34.7 Å². The highest BCUT2D eigenvalue weighted by Gasteiger charge is 2.33. The van der Waals surface area contributed by atoms with Gasteiger partial charge in [0.25, 0.3) is 10.0 Å². The van der Waals surface area contributed by atoms with Crippen molar-refractivity contribution < 1.29 is 32.2 Å². The molecule has 4 rings (SSSR count). The van der Waals surface area contributed by atoms with Gasteiger partial charge in [-0.05, 0) is 82.7 Å². The van der Waals surface area contributed by atoms with Crippen LogP contribution in [0.25, 0.3) is 22.6 Å². The van der Waals surface area contributed by atoms with Crippen LogP contribution in [-0.4, -0.2) is 43.6 Å². The van der Waals surface area contributed by atoms with Crippen molar-refractivity contribution in [2.24, 2.45) is 0 Å². The summed E-state index contributed by atoms with van der Waals surface area (Å²) in [7, 11) is -2.90. The standard InChI is InChI=1S/C32H31Cl2NO7S/c1-7-41-31(37)29-25(18-24(30(36)42-32(3,4)5)20-10-12-22(40-6)13-11-20)28-26(34)16-21(33)17-27(28)35(29)43(38,39)23-14-8-19(2)9-15-23/h8-18H,7H2,1-6H3/b24-18+. The summed E-state index contributed by atoms with van der Waals surface area (Å²) in [5.74, 6) is -1.09. The maximum Gasteiger partial charge on any atom is 0.356 e. The van der Waals surface area contributed by atoms with Crippen molar-refractivity contribution in [2.75, 3.05) is 13.7 Å². The number of aromatic nitrogens is 1. The molecule has 0 aliphatic carbocycles. The predicted molar refractivity (Wildman–Crippen MR) is 168 cm³/mol. The van der Waals surface area contributed by atoms with Crippen molar-refractivity contribution in [2.45, 2.75) is 45.1 Å². The van der Waals surface area contributed by atoms with Crippen LogP contribution < -0.4 is 4.74 Å². The van der Waals surface area contributed by atoms with E-state index < -0.39 is 27.6 Å². The van der Waals surface area contributed by atoms with E-state index in [4.69, 9.17) is 37.4 Å². The fraction of sp³-hybridized carbons (Fsp3) is 0.250. The molecule has 0 amide bonds. The normalized spacial score (nSPS) is 12.3. The zero-order chi connectivity index (χ0) is 31.7. The van der Waals surface area contributed by atoms with Gasteiger partial charge in [-0.1, -0.05) is 53.0 Å². The van der Waals surface area contributed by atoms with Crippen LogP contribution in [0, 0.1) is 6.92 Å². The van der Waals surface area contributed by atoms with Gasteiger partial charge in [-0.3, -0.25) is 0 Å². The minimum absolute atomic E-state index is 0.0330. The lowest BCUT2D eigenvalue weighted by Crippen LogP contribution is -2.24. The number of carbonyl (C=O) groups excluding carboxylic acids is 2. The van der Waals surface area contributed by atoms with Crippen LogP contribution in [0.3, 0.4) is 0 Å². The number of fused-ring (bicyclic) bond motifs is 1. The summed E-state index contributed by atoms with van der Waals surface area (Å²) >= 11 is 13.1. The zero-order valence-corrected chi connectivity index (χ0v) is 26.9. The molecule has 0 saturated carbocycles. The number of esters is 2. The number of hydrogen-bond acceptors (Lipinski definition) is 7. The summed E-state index contributed by atoms with van der Waals surface area (Å²) in [6.45, 7) is 8.55. The summed E-state index contributed by atoms with van der Waals surface area (Å²) in [6, 6.07) is 15.6. The molecule has 1 heterocycles. The van der Waals surface area contributed by atoms with Gasteiger partial charge >= 0.3 is 11.9 Å². The second-order valence-electron chi connectivity index (χ2n) is 10.6. The van der Waals surface area contributed by atoms with E-state index in [9.17, 15) is 18.0 Å². The Bertz CT molecular complexity index is 1830. The van der Waals surface area contributed by atoms with E-state index >= 15 is 0 Å². The molecule has 0 saturated heterocycles. The summed E-state index contributed by atoms with van der Waals surface area (Å²) in [6.07, 6.45) is 1.39. The number of benzene rings is 3. The fourth-order valence-corrected chi connectivity index (χ4v) is 6.53. The lowest BCUT2D eigenvalue weighted by atomic mass is 10.0. The first-order valence-electron chi connectivity index (χ1n) is 13.3. The molecule has 0 bridgehead atoms. The van der Waals surface area contributed by atoms with E-state index in [-0.39, 0.29) is 49.3 Å². The molecular formula is C32H31Cl2NO7S. The van der Waals surface area contributed by atoms with Gasteiger partial charge in [-0.25, -0.2) is 22.0 Å². The lowest BCUT2D eigenvalue weighted by molar-refractivity contribution is -0.147. The summed E-state index contributed by atoms with van der Waals surface area (Å²) < 4.78 is 45.6. The van der Waals surface area contributed by atoms with Gasteiger partial charge in [0.15, 0.2) is 5.69 Å². The maximum absolute atomic E-state index is 14.2. The van der Waals surface area contributed by atoms with Crippen LogP contribution in [-0.2, 0) is 24.3 Å². The first-order chi connectivity index (χ1) is 20.2. The molecule has 0 N–H and O–H groups in total. The minimum atomic E-state index is -4.41. The van der Waals surface area contributed by atoms with Crippen molar-refractivity contribution in [3.05, 3.63) is 93.1 Å². The molecule has 0 atom stereocenters. The third kappa shape index (κ3) is 6.74. The van der Waals surface area contributed by atoms with Crippen molar-refractivity contribution in [1.82, 2.24) is 3.97 Å². The van der Waals surface area contributed by atoms with Crippen LogP contribution in [0.2, 0.25) is 10.0 Å². The molecule has 0 aliphatic heterocycles. The van der Waals surface area contributed by atoms with E-state index in [1.165, 1.54) is 37.5 Å². The number of rotatable bonds is 8. The number of hydrogen-bond donors (Lipinski definition) is 0. The minimum Gasteiger partial charge on any atom is -0.497 e. The predicted octanol–water partition coefficient (Wildman–Crippen LogP) is 7.56. The molecule has 1 aromatic heterocycles. The smallest absolute Gasteiger partial charge is 0.356 e. The second-order valence-corrected chi connectivity index (χ2v) is 13.3. The molecule has 0 unspecified atom stereocenters. The quantitative estimate of drug-likeness (QED) is 0.144. The first-order valence-corrected chi connectivity index (χ1v) is 15.5. The van der Waals surface area contributed by atoms with E-state index in [0.717, 1.165) is 9.54 Å². The molecule has 0 fully saturated rings. The van der Waals surface area contributed by atoms with E-state index in [1.54, 1.807) is 64.1 Å². The Labute approximate surface area is 260 Å². The highest BCUT2D eigenvalue weighted by atomic mass is 35.5. The van der Waals surface area contributed by atoms with Crippen molar-refractivity contribution in [1.29, 1.82) is 0 Å². The average Bonchev–Trinajstić information content (AvgIpc) is 3.26. The fourth-order valence-electron chi connectivity index (χ4n) is 4.44. The monoisotopic (exact) mass is 643 g/mol. The van der Waals surface area contributed by atoms with Gasteiger partial charge in [0.2, 0.25) is 0 Å². The largest absolute Gasteiger partial charge is 0.497 e. The molecular weight excluding hydrogens is 613 g/mol. The highest BCUT2D eigenvalue weighted by molar-refractivity contribution is 7.90. The number of methoxy groups -OCH3 is 1. The van der Waals surface area contributed by atoms with Crippen LogP contribution in [0.15, 0.2) is 65.6 Å². The Balaban J connectivity index is 2.17. The SMILES string of the molecule is CCOC(=O)c1c(/C=C(/C(=O)OC(C)(C)C)c2ccc(OC)cc2)c2c(Cl)cc(Cl)cc2n1S(=O)(=O)c1ccc(C)cc1. The first kappa shape index (κ1) is 32.1. The van der Waals surface area contributed by atoms with Crippen LogP contribution >= 0.6 is 23.2 Å². The second kappa shape index (κ2) is 12.4. The Morgan fingerprint density at radius 2 is 1.60 bits per heavy atom. The van der Waals surface area contributed by atoms with Crippen LogP contribution in [0.1, 0.15) is 54.9 Å². The molecule has 0 spiro atoms. The molecule has 3 aromatic carbocycles. The van der Waals surface area contributed by atoms with E-state index in [0.29, 0.717) is 11.3 Å². The van der Waals surface area contributed by atoms with E-state index in [1.807, 2.05) is 6.92 Å². The van der Waals surface area contributed by atoms with Gasteiger partial charge in [-0.2, -0.15) is 0 Å². The highest BCUT2D eigenvalue weighted by Crippen LogP contribution is 2.40. The van der Waals surface area contributed by atoms with E-state index in [2.05, 4.69) is 0 Å². The van der Waals surface area contributed by atoms with Crippen molar-refractivity contribution in [3.63, 3.8) is 0 Å². The summed E-state index contributed by atoms with van der Waals surface area (Å²) in [5, 5.41) is 0.388. The Morgan fingerprint density at radius 1 is 0.977 bits per heavy atom. The Hall–Kier alpha value is -3.79. The number of nitrogens with zero attached hydrogens (tertiary/aromatic N) is 1. The number of ether oxygens (including phenoxy) is 3. The average molecular weight is 645 g/mol. The number of carbonyl (C=O) groups is 2. The zero-order valence-electron chi connectivity index (χ0n) is 24.5. The molecule has 0 aliphatic rings. The van der Waals surface area contributed by atoms with Crippen LogP contribution in [0.5, 0.6) is 5.75 Å². The third-order valence-electron chi connectivity index (χ3n) is 6.32. The Morgan fingerprint density at radius 3 is 2.16 bits per heavy atom. The Kier molecular flexibility index (Phi) is 9.30. The molecule has 11 heteroatoms. The number of halogens is 2. The molecule has 43 heavy (non-hydrogen) atoms. The van der Waals surface area contributed by atoms with Gasteiger partial charge < -0.3 is 14.2 Å². The molecule has 226 valence electrons. The topological polar surface area (TPSA) is 101 Å². The van der Waals surface area contributed by atoms with Gasteiger partial charge in [-0.15, -0.1) is 0 Å². The lowest BCUT2D eigenvalue weighted by Gasteiger charge is -2.21. The molecule has 0 radical (unpaired) electrons. The van der Waals surface area contributed by atoms with Gasteiger partial charge in [0, 0.05) is 16.0 Å². The van der Waals surface area contributed by atoms with Gasteiger partial charge in [0.1, 0.15) is 11.4 Å². The third-order valence-corrected chi connectivity index (χ3v) is 8.56. The van der Waals surface area contributed by atoms with Crippen molar-refractivity contribution in [3.8, 4) is 5.75 Å². The molecule has 4 aromatic rings. The number of aryl methyl sites for hydroxylation is 1. The molecule has 8 nitrogen and oxygen atoms in total. The van der Waals surface area contributed by atoms with Crippen LogP contribution in [0.4, 0.5) is 0 Å². The van der Waals surface area contributed by atoms with Crippen molar-refractivity contribution >= 4 is 67.7 Å². The summed E-state index contributed by atoms with van der Waals surface area (Å²) in [4.78, 5) is 27.2. The maximum atomic E-state index is 14.2.